The van der Waals surface area contributed by atoms with Crippen molar-refractivity contribution in [2.75, 3.05) is 0 Å². The van der Waals surface area contributed by atoms with Crippen molar-refractivity contribution in [3.63, 3.8) is 0 Å². The number of Topliss-reactive ketones (excluding diaryl/α,β-unsaturated/α-hetero) is 1. The number of ketones is 1. The zero-order valence-electron chi connectivity index (χ0n) is 10.4. The molecule has 0 fully saturated rings. The van der Waals surface area contributed by atoms with Crippen LogP contribution in [0.2, 0.25) is 0 Å². The van der Waals surface area contributed by atoms with Gasteiger partial charge in [0.15, 0.2) is 31.3 Å². The van der Waals surface area contributed by atoms with Crippen molar-refractivity contribution >= 4 is 37.2 Å². The van der Waals surface area contributed by atoms with E-state index in [4.69, 9.17) is 40.9 Å². The number of benzene rings is 1. The van der Waals surface area contributed by atoms with Crippen LogP contribution in [-0.2, 0) is 0 Å². The van der Waals surface area contributed by atoms with E-state index >= 15 is 0 Å². The van der Waals surface area contributed by atoms with Crippen LogP contribution >= 0.6 is 0 Å². The quantitative estimate of drug-likeness (QED) is 0.557. The molecule has 4 nitrogen and oxygen atoms in total. The number of hydrogen-bond donors (Lipinski definition) is 1. The molecule has 1 aliphatic rings. The zero-order chi connectivity index (χ0) is 14.2. The number of ether oxygens (including phenoxy) is 2. The Labute approximate surface area is 117 Å². The number of carbonyl (C=O) groups is 1. The monoisotopic (exact) mass is 247 g/mol. The minimum atomic E-state index is -1.38. The van der Waals surface area contributed by atoms with Gasteiger partial charge in [-0.05, 0) is 25.1 Å². The zero-order valence-corrected chi connectivity index (χ0v) is 10.4. The van der Waals surface area contributed by atoms with Crippen LogP contribution in [0, 0.1) is 0 Å². The molecular formula is C11H9B4NO3. The van der Waals surface area contributed by atoms with Crippen LogP contribution in [0.15, 0.2) is 18.2 Å². The van der Waals surface area contributed by atoms with Gasteiger partial charge >= 0.3 is 0 Å². The van der Waals surface area contributed by atoms with Crippen LogP contribution < -0.4 is 14.8 Å². The maximum absolute atomic E-state index is 12.3. The van der Waals surface area contributed by atoms with Gasteiger partial charge in [0.05, 0.1) is 15.7 Å². The van der Waals surface area contributed by atoms with Crippen LogP contribution in [0.5, 0.6) is 11.5 Å². The van der Waals surface area contributed by atoms with Gasteiger partial charge in [-0.1, -0.05) is 5.84 Å². The van der Waals surface area contributed by atoms with E-state index in [1.165, 1.54) is 13.0 Å². The summed E-state index contributed by atoms with van der Waals surface area (Å²) in [4.78, 5) is 12.3. The van der Waals surface area contributed by atoms with E-state index in [-0.39, 0.29) is 5.78 Å². The van der Waals surface area contributed by atoms with Crippen molar-refractivity contribution < 1.29 is 14.3 Å². The van der Waals surface area contributed by atoms with Crippen LogP contribution in [0.4, 0.5) is 0 Å². The first-order chi connectivity index (χ1) is 8.79. The number of hydrogen-bond acceptors (Lipinski definition) is 4. The maximum atomic E-state index is 12.3. The molecule has 0 aromatic heterocycles. The number of nitrogens with one attached hydrogen (secondary N) is 1. The molecule has 19 heavy (non-hydrogen) atoms. The summed E-state index contributed by atoms with van der Waals surface area (Å²) in [7, 11) is 22.1. The van der Waals surface area contributed by atoms with Gasteiger partial charge in [0.25, 0.3) is 0 Å². The highest BCUT2D eigenvalue weighted by Gasteiger charge is 2.29. The van der Waals surface area contributed by atoms with Crippen molar-refractivity contribution in [3.05, 3.63) is 23.8 Å². The maximum Gasteiger partial charge on any atom is 0.189 e. The average molecular weight is 246 g/mol. The molecule has 0 aliphatic carbocycles. The van der Waals surface area contributed by atoms with E-state index < -0.39 is 17.5 Å². The Balaban J connectivity index is 2.23. The topological polar surface area (TPSA) is 47.6 Å². The molecule has 0 saturated carbocycles. The summed E-state index contributed by atoms with van der Waals surface area (Å²) >= 11 is 0. The summed E-state index contributed by atoms with van der Waals surface area (Å²) in [6.07, 6.45) is -0.861. The SMILES string of the molecule is [B]C([B])NC([B])(C)C(=O)c1ccc2c(c1)OC([B])O2. The molecule has 2 rings (SSSR count). The fraction of sp³-hybridized carbons (Fsp3) is 0.364. The van der Waals surface area contributed by atoms with Crippen molar-refractivity contribution in [1.82, 2.24) is 5.32 Å². The van der Waals surface area contributed by atoms with Crippen molar-refractivity contribution in [2.45, 2.75) is 24.4 Å². The Hall–Kier alpha value is -1.29. The first kappa shape index (κ1) is 14.1. The number of carbonyl (C=O) groups excluding carboxylic acids is 1. The Morgan fingerprint density at radius 3 is 2.63 bits per heavy atom. The van der Waals surface area contributed by atoms with Gasteiger partial charge in [0.2, 0.25) is 0 Å². The predicted octanol–water partition coefficient (Wildman–Crippen LogP) is -0.813. The lowest BCUT2D eigenvalue weighted by atomic mass is 9.69. The molecule has 88 valence electrons. The largest absolute Gasteiger partial charge is 0.461 e. The van der Waals surface area contributed by atoms with Crippen LogP contribution in [0.1, 0.15) is 17.3 Å². The van der Waals surface area contributed by atoms with Gasteiger partial charge in [0, 0.05) is 11.0 Å². The highest BCUT2D eigenvalue weighted by molar-refractivity contribution is 6.38. The normalized spacial score (nSPS) is 20.2. The standard InChI is InChI=1S/C11H9B4NO3/c1-11(15,16-9(12)13)8(17)5-2-3-6-7(4-5)19-10(14)18-6/h2-4,9-10,16H,1H3. The molecule has 1 heterocycles. The smallest absolute Gasteiger partial charge is 0.189 e. The Bertz CT molecular complexity index is 507. The van der Waals surface area contributed by atoms with E-state index in [2.05, 4.69) is 5.32 Å². The van der Waals surface area contributed by atoms with Gasteiger partial charge in [0.1, 0.15) is 7.85 Å². The fourth-order valence-electron chi connectivity index (χ4n) is 1.82. The van der Waals surface area contributed by atoms with E-state index in [0.29, 0.717) is 17.1 Å². The van der Waals surface area contributed by atoms with Crippen molar-refractivity contribution in [1.29, 1.82) is 0 Å². The summed E-state index contributed by atoms with van der Waals surface area (Å²) < 4.78 is 10.3. The second kappa shape index (κ2) is 5.00. The Morgan fingerprint density at radius 1 is 1.37 bits per heavy atom. The highest BCUT2D eigenvalue weighted by atomic mass is 16.7. The predicted molar refractivity (Wildman–Crippen MR) is 74.2 cm³/mol. The fourth-order valence-corrected chi connectivity index (χ4v) is 1.82. The molecule has 2 atom stereocenters. The third-order valence-electron chi connectivity index (χ3n) is 2.63. The van der Waals surface area contributed by atoms with Gasteiger partial charge < -0.3 is 14.8 Å². The molecule has 1 N–H and O–H groups in total. The van der Waals surface area contributed by atoms with Crippen LogP contribution in [0.3, 0.4) is 0 Å². The third kappa shape index (κ3) is 3.00. The van der Waals surface area contributed by atoms with Crippen LogP contribution in [-0.4, -0.2) is 54.6 Å². The lowest BCUT2D eigenvalue weighted by molar-refractivity contribution is 0.0928. The first-order valence-corrected chi connectivity index (χ1v) is 5.65. The molecule has 0 amide bonds. The number of fused-ring (bicyclic) bond motifs is 1. The second-order valence-electron chi connectivity index (χ2n) is 4.47. The Morgan fingerprint density at radius 2 is 2.00 bits per heavy atom. The summed E-state index contributed by atoms with van der Waals surface area (Å²) in [6, 6.07) is 4.67. The van der Waals surface area contributed by atoms with Crippen molar-refractivity contribution in [2.24, 2.45) is 0 Å². The summed E-state index contributed by atoms with van der Waals surface area (Å²) in [5, 5.41) is 2.58. The molecule has 2 unspecified atom stereocenters. The van der Waals surface area contributed by atoms with Crippen molar-refractivity contribution in [3.8, 4) is 11.5 Å². The Kier molecular flexibility index (Phi) is 3.72. The molecule has 1 aromatic rings. The molecule has 0 bridgehead atoms. The lowest BCUT2D eigenvalue weighted by Crippen LogP contribution is -2.54. The average Bonchev–Trinajstić information content (AvgIpc) is 2.65. The summed E-state index contributed by atoms with van der Waals surface area (Å²) in [6.45, 7) is 1.48. The first-order valence-electron chi connectivity index (χ1n) is 5.65. The van der Waals surface area contributed by atoms with E-state index in [0.717, 1.165) is 0 Å². The van der Waals surface area contributed by atoms with Crippen LogP contribution in [0.25, 0.3) is 0 Å². The van der Waals surface area contributed by atoms with Gasteiger partial charge in [-0.25, -0.2) is 0 Å². The molecule has 0 spiro atoms. The van der Waals surface area contributed by atoms with E-state index in [1.807, 2.05) is 0 Å². The molecule has 8 radical (unpaired) electrons. The minimum Gasteiger partial charge on any atom is -0.461 e. The molecular weight excluding hydrogens is 237 g/mol. The molecule has 1 aliphatic heterocycles. The van der Waals surface area contributed by atoms with E-state index in [1.54, 1.807) is 12.1 Å². The lowest BCUT2D eigenvalue weighted by Gasteiger charge is -2.28. The van der Waals surface area contributed by atoms with Gasteiger partial charge in [-0.15, -0.1) is 0 Å². The molecule has 8 heteroatoms. The highest BCUT2D eigenvalue weighted by Crippen LogP contribution is 2.35. The van der Waals surface area contributed by atoms with E-state index in [9.17, 15) is 4.79 Å². The van der Waals surface area contributed by atoms with Gasteiger partial charge in [-0.2, -0.15) is 0 Å². The summed E-state index contributed by atoms with van der Waals surface area (Å²) in [5.74, 6) is -0.404. The minimum absolute atomic E-state index is 0.342. The molecule has 1 aromatic carbocycles. The number of rotatable bonds is 4. The molecule has 0 saturated heterocycles. The second-order valence-corrected chi connectivity index (χ2v) is 4.47. The third-order valence-corrected chi connectivity index (χ3v) is 2.63. The van der Waals surface area contributed by atoms with Gasteiger partial charge in [-0.3, -0.25) is 4.79 Å². The summed E-state index contributed by atoms with van der Waals surface area (Å²) in [5.41, 5.74) is -1.04.